The number of non-ortho nitro benzene ring substituents is 1. The first-order valence-corrected chi connectivity index (χ1v) is 8.52. The minimum atomic E-state index is -1.24. The van der Waals surface area contributed by atoms with Gasteiger partial charge < -0.3 is 0 Å². The normalized spacial score (nSPS) is 10.9. The molecule has 0 atom stereocenters. The van der Waals surface area contributed by atoms with E-state index in [2.05, 4.69) is 26.0 Å². The average Bonchev–Trinajstić information content (AvgIpc) is 3.01. The number of halogens is 2. The van der Waals surface area contributed by atoms with Gasteiger partial charge in [-0.1, -0.05) is 46.7 Å². The minimum absolute atomic E-state index is 0.0835. The lowest BCUT2D eigenvalue weighted by Gasteiger charge is -1.99. The fraction of sp³-hybridized carbons (Fsp3) is 0.154. The van der Waals surface area contributed by atoms with Gasteiger partial charge in [-0.15, -0.1) is 10.2 Å². The maximum atomic E-state index is 11.8. The molecule has 10 nitrogen and oxygen atoms in total. The molecule has 0 saturated heterocycles. The molecule has 0 bridgehead atoms. The summed E-state index contributed by atoms with van der Waals surface area (Å²) in [5.74, 6) is -1.13. The summed E-state index contributed by atoms with van der Waals surface area (Å²) in [5, 5.41) is 24.7. The molecule has 0 radical (unpaired) electrons. The van der Waals surface area contributed by atoms with Gasteiger partial charge in [-0.25, -0.2) is 5.43 Å². The fourth-order valence-electron chi connectivity index (χ4n) is 1.61. The number of nitrogens with zero attached hydrogens (tertiary/aromatic N) is 4. The van der Waals surface area contributed by atoms with Crippen molar-refractivity contribution in [3.05, 3.63) is 45.0 Å². The summed E-state index contributed by atoms with van der Waals surface area (Å²) in [6.07, 6.45) is 1.16. The van der Waals surface area contributed by atoms with E-state index in [1.807, 2.05) is 0 Å². The molecule has 0 aliphatic rings. The summed E-state index contributed by atoms with van der Waals surface area (Å²) in [6, 6.07) is 5.77. The molecule has 0 unspecified atom stereocenters. The zero-order valence-corrected chi connectivity index (χ0v) is 15.1. The van der Waals surface area contributed by atoms with Crippen LogP contribution in [0.4, 0.5) is 10.8 Å². The molecule has 2 amide bonds. The topological polar surface area (TPSA) is 139 Å². The molecule has 2 aromatic rings. The van der Waals surface area contributed by atoms with Gasteiger partial charge in [-0.2, -0.15) is 5.10 Å². The van der Waals surface area contributed by atoms with Gasteiger partial charge in [0.25, 0.3) is 11.6 Å². The maximum Gasteiger partial charge on any atom is 0.270 e. The van der Waals surface area contributed by atoms with Crippen molar-refractivity contribution in [3.63, 3.8) is 0 Å². The molecule has 0 aliphatic heterocycles. The van der Waals surface area contributed by atoms with E-state index in [1.165, 1.54) is 24.4 Å². The Labute approximate surface area is 160 Å². The molecule has 0 fully saturated rings. The van der Waals surface area contributed by atoms with Crippen LogP contribution in [0.1, 0.15) is 10.6 Å². The van der Waals surface area contributed by atoms with Crippen LogP contribution in [-0.2, 0) is 16.0 Å². The zero-order chi connectivity index (χ0) is 19.1. The Hall–Kier alpha value is -2.63. The second-order valence-corrected chi connectivity index (χ2v) is 6.77. The van der Waals surface area contributed by atoms with Crippen molar-refractivity contribution in [1.29, 1.82) is 0 Å². The van der Waals surface area contributed by atoms with Crippen LogP contribution in [-0.4, -0.2) is 38.0 Å². The largest absolute Gasteiger partial charge is 0.298 e. The number of benzene rings is 1. The van der Waals surface area contributed by atoms with Crippen molar-refractivity contribution in [2.24, 2.45) is 5.10 Å². The van der Waals surface area contributed by atoms with E-state index in [4.69, 9.17) is 23.2 Å². The third-order valence-corrected chi connectivity index (χ3v) is 3.93. The van der Waals surface area contributed by atoms with Crippen LogP contribution in [0.25, 0.3) is 0 Å². The fourth-order valence-corrected chi connectivity index (χ4v) is 2.46. The lowest BCUT2D eigenvalue weighted by molar-refractivity contribution is -0.384. The van der Waals surface area contributed by atoms with Crippen LogP contribution in [0.2, 0.25) is 0 Å². The molecule has 1 heterocycles. The molecular weight excluding hydrogens is 407 g/mol. The average molecular weight is 417 g/mol. The number of amides is 2. The molecular formula is C13H10Cl2N6O4S. The number of nitro benzene ring substituents is 1. The molecule has 1 aromatic heterocycles. The van der Waals surface area contributed by atoms with Crippen LogP contribution in [0, 0.1) is 10.1 Å². The summed E-state index contributed by atoms with van der Waals surface area (Å²) in [5.41, 5.74) is 2.64. The Kier molecular flexibility index (Phi) is 6.95. The number of alkyl halides is 2. The van der Waals surface area contributed by atoms with Crippen LogP contribution in [0.3, 0.4) is 0 Å². The van der Waals surface area contributed by atoms with E-state index in [-0.39, 0.29) is 17.2 Å². The lowest BCUT2D eigenvalue weighted by atomic mass is 10.2. The number of rotatable bonds is 7. The molecule has 13 heteroatoms. The molecule has 0 saturated carbocycles. The number of hydrogen-bond acceptors (Lipinski definition) is 8. The number of hydrazone groups is 1. The molecule has 0 spiro atoms. The highest BCUT2D eigenvalue weighted by Gasteiger charge is 2.15. The van der Waals surface area contributed by atoms with Crippen LogP contribution in [0.15, 0.2) is 29.4 Å². The predicted molar refractivity (Wildman–Crippen MR) is 96.6 cm³/mol. The Morgan fingerprint density at radius 2 is 2.15 bits per heavy atom. The Morgan fingerprint density at radius 3 is 2.85 bits per heavy atom. The highest BCUT2D eigenvalue weighted by atomic mass is 35.5. The number of nitrogens with one attached hydrogen (secondary N) is 2. The first-order chi connectivity index (χ1) is 12.3. The van der Waals surface area contributed by atoms with Crippen LogP contribution >= 0.6 is 34.5 Å². The van der Waals surface area contributed by atoms with E-state index in [9.17, 15) is 19.7 Å². The Morgan fingerprint density at radius 1 is 1.38 bits per heavy atom. The van der Waals surface area contributed by atoms with Crippen molar-refractivity contribution in [2.45, 2.75) is 11.3 Å². The van der Waals surface area contributed by atoms with Crippen molar-refractivity contribution in [2.75, 3.05) is 5.32 Å². The highest BCUT2D eigenvalue weighted by molar-refractivity contribution is 7.15. The van der Waals surface area contributed by atoms with E-state index in [0.717, 1.165) is 11.3 Å². The molecule has 2 N–H and O–H groups in total. The van der Waals surface area contributed by atoms with Gasteiger partial charge in [-0.05, 0) is 0 Å². The number of nitro groups is 1. The first-order valence-electron chi connectivity index (χ1n) is 6.83. The number of anilines is 1. The maximum absolute atomic E-state index is 11.8. The van der Waals surface area contributed by atoms with Crippen molar-refractivity contribution < 1.29 is 14.5 Å². The van der Waals surface area contributed by atoms with Gasteiger partial charge in [0.2, 0.25) is 11.0 Å². The molecule has 2 rings (SSSR count). The zero-order valence-electron chi connectivity index (χ0n) is 12.8. The van der Waals surface area contributed by atoms with E-state index >= 15 is 0 Å². The summed E-state index contributed by atoms with van der Waals surface area (Å²) < 4.78 is 0. The van der Waals surface area contributed by atoms with Gasteiger partial charge in [0.1, 0.15) is 5.01 Å². The summed E-state index contributed by atoms with van der Waals surface area (Å²) in [7, 11) is 0. The monoisotopic (exact) mass is 416 g/mol. The number of carbonyl (C=O) groups is 2. The highest BCUT2D eigenvalue weighted by Crippen LogP contribution is 2.17. The Bertz CT molecular complexity index is 857. The second-order valence-electron chi connectivity index (χ2n) is 4.61. The van der Waals surface area contributed by atoms with Crippen molar-refractivity contribution >= 4 is 63.4 Å². The van der Waals surface area contributed by atoms with Gasteiger partial charge >= 0.3 is 0 Å². The molecule has 0 aliphatic carbocycles. The standard InChI is InChI=1S/C13H10Cl2N6O4S/c14-11(15)12(23)17-13-20-19-10(26-13)5-9(22)18-16-6-7-2-1-3-8(4-7)21(24)25/h1-4,6,11H,5H2,(H,18,22)(H,17,20,23)/b16-6-. The number of carbonyl (C=O) groups excluding carboxylic acids is 2. The number of aromatic nitrogens is 2. The van der Waals surface area contributed by atoms with Crippen LogP contribution in [0.5, 0.6) is 0 Å². The van der Waals surface area contributed by atoms with E-state index in [1.54, 1.807) is 6.07 Å². The van der Waals surface area contributed by atoms with Crippen molar-refractivity contribution in [1.82, 2.24) is 15.6 Å². The minimum Gasteiger partial charge on any atom is -0.298 e. The lowest BCUT2D eigenvalue weighted by Crippen LogP contribution is -2.19. The van der Waals surface area contributed by atoms with Crippen molar-refractivity contribution in [3.8, 4) is 0 Å². The summed E-state index contributed by atoms with van der Waals surface area (Å²) in [4.78, 5) is 32.0. The van der Waals surface area contributed by atoms with Gasteiger partial charge in [0, 0.05) is 17.7 Å². The van der Waals surface area contributed by atoms with Crippen LogP contribution < -0.4 is 10.7 Å². The molecule has 136 valence electrons. The quantitative estimate of drug-likeness (QED) is 0.305. The summed E-state index contributed by atoms with van der Waals surface area (Å²) >= 11 is 11.8. The SMILES string of the molecule is O=C(Cc1nnc(NC(=O)C(Cl)Cl)s1)N/N=C\c1cccc([N+](=O)[O-])c1. The van der Waals surface area contributed by atoms with Gasteiger partial charge in [0.05, 0.1) is 17.6 Å². The van der Waals surface area contributed by atoms with Gasteiger partial charge in [0.15, 0.2) is 4.84 Å². The third-order valence-electron chi connectivity index (χ3n) is 2.69. The Balaban J connectivity index is 1.87. The van der Waals surface area contributed by atoms with E-state index < -0.39 is 21.6 Å². The number of hydrogen-bond donors (Lipinski definition) is 2. The molecule has 26 heavy (non-hydrogen) atoms. The van der Waals surface area contributed by atoms with E-state index in [0.29, 0.717) is 10.6 Å². The summed E-state index contributed by atoms with van der Waals surface area (Å²) in [6.45, 7) is 0. The third kappa shape index (κ3) is 6.02. The van der Waals surface area contributed by atoms with Gasteiger partial charge in [-0.3, -0.25) is 25.0 Å². The molecule has 1 aromatic carbocycles. The smallest absolute Gasteiger partial charge is 0.270 e. The predicted octanol–water partition coefficient (Wildman–Crippen LogP) is 1.88. The first kappa shape index (κ1) is 19.7. The second kappa shape index (κ2) is 9.17.